The highest BCUT2D eigenvalue weighted by Crippen LogP contribution is 2.28. The van der Waals surface area contributed by atoms with E-state index >= 15 is 0 Å². The molecule has 0 aromatic carbocycles. The van der Waals surface area contributed by atoms with Gasteiger partial charge in [-0.15, -0.1) is 0 Å². The summed E-state index contributed by atoms with van der Waals surface area (Å²) in [6.45, 7) is 14.1. The van der Waals surface area contributed by atoms with E-state index in [4.69, 9.17) is 9.47 Å². The molecule has 0 bridgehead atoms. The number of rotatable bonds is 2. The largest absolute Gasteiger partial charge is 0.474 e. The van der Waals surface area contributed by atoms with Crippen LogP contribution in [0.4, 0.5) is 0 Å². The Morgan fingerprint density at radius 2 is 1.12 bits per heavy atom. The molecule has 6 nitrogen and oxygen atoms in total. The van der Waals surface area contributed by atoms with Crippen molar-refractivity contribution in [3.8, 4) is 0 Å². The summed E-state index contributed by atoms with van der Waals surface area (Å²) >= 11 is 0. The Hall–Kier alpha value is -1.98. The summed E-state index contributed by atoms with van der Waals surface area (Å²) in [6, 6.07) is 0.285. The number of aliphatic imine (C=N–C) groups is 2. The molecule has 2 aliphatic rings. The van der Waals surface area contributed by atoms with Crippen molar-refractivity contribution in [2.45, 2.75) is 53.6 Å². The molecular formula is C18H26N4O2. The van der Waals surface area contributed by atoms with Gasteiger partial charge in [0.25, 0.3) is 0 Å². The van der Waals surface area contributed by atoms with Crippen molar-refractivity contribution in [3.63, 3.8) is 0 Å². The first-order valence-corrected chi connectivity index (χ1v) is 8.38. The highest BCUT2D eigenvalue weighted by atomic mass is 16.5. The Morgan fingerprint density at radius 3 is 1.38 bits per heavy atom. The molecule has 6 heteroatoms. The zero-order valence-electron chi connectivity index (χ0n) is 15.3. The van der Waals surface area contributed by atoms with Crippen LogP contribution < -0.4 is 0 Å². The molecule has 1 aromatic heterocycles. The van der Waals surface area contributed by atoms with Gasteiger partial charge in [0.2, 0.25) is 11.8 Å². The van der Waals surface area contributed by atoms with E-state index in [-0.39, 0.29) is 22.9 Å². The second kappa shape index (κ2) is 5.83. The van der Waals surface area contributed by atoms with Crippen molar-refractivity contribution < 1.29 is 9.47 Å². The van der Waals surface area contributed by atoms with Crippen molar-refractivity contribution in [3.05, 3.63) is 23.8 Å². The van der Waals surface area contributed by atoms with Gasteiger partial charge in [-0.1, -0.05) is 41.5 Å². The minimum absolute atomic E-state index is 0.0729. The van der Waals surface area contributed by atoms with Crippen LogP contribution in [0.2, 0.25) is 0 Å². The summed E-state index contributed by atoms with van der Waals surface area (Å²) in [7, 11) is 0. The van der Waals surface area contributed by atoms with E-state index < -0.39 is 0 Å². The highest BCUT2D eigenvalue weighted by molar-refractivity contribution is 5.95. The molecule has 0 saturated heterocycles. The molecule has 3 heterocycles. The predicted octanol–water partition coefficient (Wildman–Crippen LogP) is 2.86. The topological polar surface area (TPSA) is 69.0 Å². The molecule has 0 unspecified atom stereocenters. The van der Waals surface area contributed by atoms with Crippen LogP contribution in [0.25, 0.3) is 0 Å². The maximum Gasteiger partial charge on any atom is 0.237 e. The van der Waals surface area contributed by atoms with Crippen LogP contribution in [-0.4, -0.2) is 47.1 Å². The number of hydrogen-bond acceptors (Lipinski definition) is 6. The molecule has 0 aliphatic carbocycles. The second-order valence-electron chi connectivity index (χ2n) is 8.54. The third-order valence-electron chi connectivity index (χ3n) is 4.39. The smallest absolute Gasteiger partial charge is 0.237 e. The lowest BCUT2D eigenvalue weighted by Crippen LogP contribution is -2.25. The second-order valence-corrected chi connectivity index (χ2v) is 8.54. The lowest BCUT2D eigenvalue weighted by atomic mass is 9.88. The van der Waals surface area contributed by atoms with Gasteiger partial charge in [0.05, 0.1) is 24.5 Å². The van der Waals surface area contributed by atoms with E-state index in [9.17, 15) is 0 Å². The fourth-order valence-electron chi connectivity index (χ4n) is 2.46. The predicted molar refractivity (Wildman–Crippen MR) is 93.5 cm³/mol. The average molecular weight is 330 g/mol. The Labute approximate surface area is 143 Å². The van der Waals surface area contributed by atoms with E-state index in [1.54, 1.807) is 12.4 Å². The van der Waals surface area contributed by atoms with Crippen molar-refractivity contribution >= 4 is 11.8 Å². The molecule has 1 aromatic rings. The quantitative estimate of drug-likeness (QED) is 0.836. The Balaban J connectivity index is 1.76. The number of aromatic nitrogens is 2. The molecule has 2 atom stereocenters. The summed E-state index contributed by atoms with van der Waals surface area (Å²) in [5.41, 5.74) is 1.44. The normalized spacial score (nSPS) is 24.2. The fraction of sp³-hybridized carbons (Fsp3) is 0.667. The summed E-state index contributed by atoms with van der Waals surface area (Å²) < 4.78 is 11.4. The number of hydrogen-bond donors (Lipinski definition) is 0. The maximum absolute atomic E-state index is 5.69. The van der Waals surface area contributed by atoms with E-state index in [1.807, 2.05) is 0 Å². The molecule has 0 radical (unpaired) electrons. The molecule has 0 N–H and O–H groups in total. The fourth-order valence-corrected chi connectivity index (χ4v) is 2.46. The lowest BCUT2D eigenvalue weighted by molar-refractivity contribution is 0.235. The van der Waals surface area contributed by atoms with Crippen LogP contribution in [0.5, 0.6) is 0 Å². The van der Waals surface area contributed by atoms with E-state index in [0.717, 1.165) is 0 Å². The van der Waals surface area contributed by atoms with Crippen LogP contribution in [0.15, 0.2) is 22.4 Å². The van der Waals surface area contributed by atoms with E-state index in [1.165, 1.54) is 0 Å². The zero-order valence-corrected chi connectivity index (χ0v) is 15.3. The molecule has 24 heavy (non-hydrogen) atoms. The Morgan fingerprint density at radius 1 is 0.750 bits per heavy atom. The Kier molecular flexibility index (Phi) is 4.10. The van der Waals surface area contributed by atoms with Gasteiger partial charge in [0.1, 0.15) is 24.6 Å². The zero-order chi connectivity index (χ0) is 17.5. The summed E-state index contributed by atoms with van der Waals surface area (Å²) in [5, 5.41) is 0. The Bertz CT molecular complexity index is 607. The van der Waals surface area contributed by atoms with Gasteiger partial charge in [0, 0.05) is 0 Å². The first kappa shape index (κ1) is 16.9. The molecule has 2 aliphatic heterocycles. The van der Waals surface area contributed by atoms with Crippen molar-refractivity contribution in [2.24, 2.45) is 20.8 Å². The third kappa shape index (κ3) is 3.42. The average Bonchev–Trinajstić information content (AvgIpc) is 3.16. The minimum Gasteiger partial charge on any atom is -0.474 e. The summed E-state index contributed by atoms with van der Waals surface area (Å²) in [4.78, 5) is 18.1. The van der Waals surface area contributed by atoms with Crippen LogP contribution in [0, 0.1) is 10.8 Å². The standard InChI is InChI=1S/C18H26N4O2/c1-17(2,3)13-9-23-15(21-13)11-7-20-12(8-19-11)16-22-14(10-24-16)18(4,5)6/h7-8,13-14H,9-10H2,1-6H3/t13-,14+. The van der Waals surface area contributed by atoms with Gasteiger partial charge < -0.3 is 9.47 Å². The van der Waals surface area contributed by atoms with Gasteiger partial charge >= 0.3 is 0 Å². The maximum atomic E-state index is 5.69. The molecule has 130 valence electrons. The summed E-state index contributed by atoms with van der Waals surface area (Å²) in [6.07, 6.45) is 3.35. The van der Waals surface area contributed by atoms with Crippen molar-refractivity contribution in [1.82, 2.24) is 9.97 Å². The third-order valence-corrected chi connectivity index (χ3v) is 4.39. The first-order valence-electron chi connectivity index (χ1n) is 8.38. The van der Waals surface area contributed by atoms with Crippen LogP contribution in [0.3, 0.4) is 0 Å². The van der Waals surface area contributed by atoms with Crippen LogP contribution >= 0.6 is 0 Å². The molecule has 0 spiro atoms. The summed E-state index contributed by atoms with van der Waals surface area (Å²) in [5.74, 6) is 1.13. The van der Waals surface area contributed by atoms with Crippen molar-refractivity contribution in [2.75, 3.05) is 13.2 Å². The SMILES string of the molecule is CC(C)(C)[C@@H]1COC(c2cnc(C3=N[C@@H](C(C)(C)C)CO3)cn2)=N1. The molecule has 3 rings (SSSR count). The van der Waals surface area contributed by atoms with Gasteiger partial charge in [-0.05, 0) is 10.8 Å². The van der Waals surface area contributed by atoms with Crippen LogP contribution in [-0.2, 0) is 9.47 Å². The van der Waals surface area contributed by atoms with Gasteiger partial charge in [-0.3, -0.25) is 0 Å². The lowest BCUT2D eigenvalue weighted by Gasteiger charge is -2.21. The molecular weight excluding hydrogens is 304 g/mol. The van der Waals surface area contributed by atoms with Gasteiger partial charge in [-0.25, -0.2) is 20.0 Å². The van der Waals surface area contributed by atoms with Gasteiger partial charge in [-0.2, -0.15) is 0 Å². The van der Waals surface area contributed by atoms with Crippen LogP contribution in [0.1, 0.15) is 52.9 Å². The molecule has 0 fully saturated rings. The monoisotopic (exact) mass is 330 g/mol. The van der Waals surface area contributed by atoms with Gasteiger partial charge in [0.15, 0.2) is 0 Å². The molecule has 0 saturated carbocycles. The van der Waals surface area contributed by atoms with Crippen molar-refractivity contribution in [1.29, 1.82) is 0 Å². The van der Waals surface area contributed by atoms with E-state index in [2.05, 4.69) is 61.5 Å². The highest BCUT2D eigenvalue weighted by Gasteiger charge is 2.32. The van der Waals surface area contributed by atoms with E-state index in [0.29, 0.717) is 36.4 Å². The number of nitrogens with zero attached hydrogens (tertiary/aromatic N) is 4. The first-order chi connectivity index (χ1) is 11.1. The minimum atomic E-state index is 0.0729. The molecule has 0 amide bonds. The number of ether oxygens (including phenoxy) is 2.